The first-order valence-corrected chi connectivity index (χ1v) is 7.71. The standard InChI is InChI=1S/C18H14BrN2O.BrH/c19-16-8-4-7-15(11-16)17-9-10-21(13-20-17)12-18(22)14-5-2-1-3-6-14;/h1-11,13H,12H2;1H/q+1;. The Hall–Kier alpha value is -1.85. The van der Waals surface area contributed by atoms with Crippen LogP contribution in [0.4, 0.5) is 0 Å². The van der Waals surface area contributed by atoms with Crippen molar-refractivity contribution in [3.8, 4) is 11.3 Å². The normalized spacial score (nSPS) is 9.96. The molecule has 0 spiro atoms. The fourth-order valence-corrected chi connectivity index (χ4v) is 2.58. The molecule has 0 atom stereocenters. The molecular formula is C18H15Br2N2O+. The Labute approximate surface area is 153 Å². The maximum Gasteiger partial charge on any atom is 0.287 e. The van der Waals surface area contributed by atoms with Crippen molar-refractivity contribution in [2.24, 2.45) is 0 Å². The van der Waals surface area contributed by atoms with Gasteiger partial charge in [-0.2, -0.15) is 0 Å². The van der Waals surface area contributed by atoms with Crippen LogP contribution in [0.2, 0.25) is 0 Å². The first-order chi connectivity index (χ1) is 10.7. The molecule has 0 unspecified atom stereocenters. The molecule has 0 saturated carbocycles. The molecule has 3 aromatic rings. The summed E-state index contributed by atoms with van der Waals surface area (Å²) in [6.45, 7) is 0.287. The van der Waals surface area contributed by atoms with Gasteiger partial charge in [0, 0.05) is 21.7 Å². The van der Waals surface area contributed by atoms with Crippen LogP contribution in [0.5, 0.6) is 0 Å². The summed E-state index contributed by atoms with van der Waals surface area (Å²) in [5.41, 5.74) is 2.63. The van der Waals surface area contributed by atoms with Gasteiger partial charge in [-0.1, -0.05) is 58.4 Å². The monoisotopic (exact) mass is 433 g/mol. The van der Waals surface area contributed by atoms with E-state index in [4.69, 9.17) is 0 Å². The van der Waals surface area contributed by atoms with E-state index >= 15 is 0 Å². The summed E-state index contributed by atoms with van der Waals surface area (Å²) in [5, 5.41) is 0. The molecule has 0 aliphatic rings. The minimum absolute atomic E-state index is 0. The molecule has 3 rings (SSSR count). The number of benzene rings is 2. The lowest BCUT2D eigenvalue weighted by Gasteiger charge is -2.01. The average molecular weight is 435 g/mol. The Balaban J connectivity index is 0.00000192. The number of Topliss-reactive ketones (excluding diaryl/α,β-unsaturated/α-hetero) is 1. The van der Waals surface area contributed by atoms with Crippen LogP contribution in [0.3, 0.4) is 0 Å². The van der Waals surface area contributed by atoms with Crippen LogP contribution < -0.4 is 4.57 Å². The fraction of sp³-hybridized carbons (Fsp3) is 0.0556. The van der Waals surface area contributed by atoms with Crippen molar-refractivity contribution in [1.29, 1.82) is 0 Å². The molecule has 0 saturated heterocycles. The zero-order valence-corrected chi connectivity index (χ0v) is 15.5. The summed E-state index contributed by atoms with van der Waals surface area (Å²) in [7, 11) is 0. The highest BCUT2D eigenvalue weighted by molar-refractivity contribution is 9.10. The van der Waals surface area contributed by atoms with Gasteiger partial charge in [-0.15, -0.1) is 17.0 Å². The predicted octanol–water partition coefficient (Wildman–Crippen LogP) is 4.26. The van der Waals surface area contributed by atoms with E-state index in [9.17, 15) is 4.79 Å². The van der Waals surface area contributed by atoms with Gasteiger partial charge in [0.2, 0.25) is 5.78 Å². The molecule has 3 nitrogen and oxygen atoms in total. The van der Waals surface area contributed by atoms with Gasteiger partial charge in [-0.3, -0.25) is 4.79 Å². The summed E-state index contributed by atoms with van der Waals surface area (Å²) in [5.74, 6) is 0.0719. The second kappa shape index (κ2) is 8.13. The smallest absolute Gasteiger partial charge is 0.287 e. The lowest BCUT2D eigenvalue weighted by molar-refractivity contribution is -0.686. The van der Waals surface area contributed by atoms with Gasteiger partial charge in [0.15, 0.2) is 12.2 Å². The van der Waals surface area contributed by atoms with Crippen LogP contribution in [0, 0.1) is 0 Å². The molecule has 0 aliphatic carbocycles. The maximum absolute atomic E-state index is 12.2. The average Bonchev–Trinajstić information content (AvgIpc) is 2.56. The van der Waals surface area contributed by atoms with Gasteiger partial charge in [0.1, 0.15) is 0 Å². The van der Waals surface area contributed by atoms with Crippen LogP contribution in [0.1, 0.15) is 10.4 Å². The highest BCUT2D eigenvalue weighted by atomic mass is 79.9. The van der Waals surface area contributed by atoms with E-state index in [1.54, 1.807) is 10.9 Å². The lowest BCUT2D eigenvalue weighted by atomic mass is 10.1. The number of carbonyl (C=O) groups is 1. The first-order valence-electron chi connectivity index (χ1n) is 6.92. The molecule has 0 fully saturated rings. The highest BCUT2D eigenvalue weighted by Crippen LogP contribution is 2.19. The Morgan fingerprint density at radius 3 is 2.48 bits per heavy atom. The lowest BCUT2D eigenvalue weighted by Crippen LogP contribution is -2.37. The summed E-state index contributed by atoms with van der Waals surface area (Å²) >= 11 is 3.45. The highest BCUT2D eigenvalue weighted by Gasteiger charge is 2.11. The number of carbonyl (C=O) groups excluding carboxylic acids is 1. The topological polar surface area (TPSA) is 33.8 Å². The molecule has 0 N–H and O–H groups in total. The number of aromatic nitrogens is 2. The second-order valence-electron chi connectivity index (χ2n) is 4.92. The SMILES string of the molecule is Br.O=C(C[n+]1ccc(-c2cccc(Br)c2)nc1)c1ccccc1. The van der Waals surface area contributed by atoms with E-state index in [1.807, 2.05) is 66.9 Å². The van der Waals surface area contributed by atoms with Gasteiger partial charge in [0.25, 0.3) is 6.33 Å². The molecule has 1 heterocycles. The maximum atomic E-state index is 12.2. The first kappa shape index (κ1) is 17.5. The van der Waals surface area contributed by atoms with E-state index in [2.05, 4.69) is 20.9 Å². The zero-order valence-electron chi connectivity index (χ0n) is 12.2. The van der Waals surface area contributed by atoms with Gasteiger partial charge in [0.05, 0.1) is 6.20 Å². The minimum Gasteiger partial charge on any atom is -0.290 e. The Kier molecular flexibility index (Phi) is 6.19. The van der Waals surface area contributed by atoms with Crippen molar-refractivity contribution in [2.75, 3.05) is 0 Å². The number of halogens is 2. The van der Waals surface area contributed by atoms with Gasteiger partial charge in [-0.25, -0.2) is 4.57 Å². The molecule has 0 amide bonds. The largest absolute Gasteiger partial charge is 0.290 e. The summed E-state index contributed by atoms with van der Waals surface area (Å²) < 4.78 is 2.80. The molecule has 116 valence electrons. The molecule has 0 radical (unpaired) electrons. The van der Waals surface area contributed by atoms with Gasteiger partial charge >= 0.3 is 0 Å². The van der Waals surface area contributed by atoms with Crippen molar-refractivity contribution in [2.45, 2.75) is 6.54 Å². The molecule has 0 bridgehead atoms. The zero-order chi connectivity index (χ0) is 15.4. The minimum atomic E-state index is 0. The fourth-order valence-electron chi connectivity index (χ4n) is 2.18. The summed E-state index contributed by atoms with van der Waals surface area (Å²) in [4.78, 5) is 16.6. The van der Waals surface area contributed by atoms with E-state index in [1.165, 1.54) is 0 Å². The van der Waals surface area contributed by atoms with E-state index in [0.29, 0.717) is 5.56 Å². The Morgan fingerprint density at radius 2 is 1.83 bits per heavy atom. The third-order valence-corrected chi connectivity index (χ3v) is 3.80. The quantitative estimate of drug-likeness (QED) is 0.454. The van der Waals surface area contributed by atoms with Crippen LogP contribution in [0.15, 0.2) is 77.7 Å². The van der Waals surface area contributed by atoms with Crippen molar-refractivity contribution in [3.05, 3.63) is 83.2 Å². The summed E-state index contributed by atoms with van der Waals surface area (Å²) in [6.07, 6.45) is 3.57. The van der Waals surface area contributed by atoms with Crippen LogP contribution in [-0.2, 0) is 6.54 Å². The molecular weight excluding hydrogens is 420 g/mol. The van der Waals surface area contributed by atoms with E-state index in [-0.39, 0.29) is 29.3 Å². The number of hydrogen-bond donors (Lipinski definition) is 0. The third kappa shape index (κ3) is 4.56. The van der Waals surface area contributed by atoms with Crippen molar-refractivity contribution < 1.29 is 9.36 Å². The number of ketones is 1. The Bertz CT molecular complexity index is 790. The molecule has 0 aliphatic heterocycles. The van der Waals surface area contributed by atoms with Crippen molar-refractivity contribution in [1.82, 2.24) is 4.98 Å². The second-order valence-corrected chi connectivity index (χ2v) is 5.83. The van der Waals surface area contributed by atoms with Crippen LogP contribution in [0.25, 0.3) is 11.3 Å². The summed E-state index contributed by atoms with van der Waals surface area (Å²) in [6, 6.07) is 19.2. The van der Waals surface area contributed by atoms with Gasteiger partial charge < -0.3 is 0 Å². The molecule has 2 aromatic carbocycles. The molecule has 23 heavy (non-hydrogen) atoms. The van der Waals surface area contributed by atoms with Gasteiger partial charge in [-0.05, 0) is 17.1 Å². The Morgan fingerprint density at radius 1 is 1.04 bits per heavy atom. The number of nitrogens with zero attached hydrogens (tertiary/aromatic N) is 2. The molecule has 5 heteroatoms. The van der Waals surface area contributed by atoms with Crippen molar-refractivity contribution >= 4 is 38.7 Å². The number of hydrogen-bond acceptors (Lipinski definition) is 2. The van der Waals surface area contributed by atoms with Crippen LogP contribution >= 0.6 is 32.9 Å². The van der Waals surface area contributed by atoms with E-state index < -0.39 is 0 Å². The number of rotatable bonds is 4. The van der Waals surface area contributed by atoms with Crippen molar-refractivity contribution in [3.63, 3.8) is 0 Å². The third-order valence-electron chi connectivity index (χ3n) is 3.31. The predicted molar refractivity (Wildman–Crippen MR) is 98.7 cm³/mol. The molecule has 1 aromatic heterocycles. The van der Waals surface area contributed by atoms with Crippen LogP contribution in [-0.4, -0.2) is 10.8 Å². The van der Waals surface area contributed by atoms with E-state index in [0.717, 1.165) is 15.7 Å².